The first-order valence-electron chi connectivity index (χ1n) is 6.89. The number of amides is 3. The zero-order valence-electron chi connectivity index (χ0n) is 12.5. The van der Waals surface area contributed by atoms with Gasteiger partial charge in [-0.2, -0.15) is 0 Å². The van der Waals surface area contributed by atoms with Crippen molar-refractivity contribution in [3.63, 3.8) is 0 Å². The number of hydrogen-bond acceptors (Lipinski definition) is 3. The number of rotatable bonds is 4. The average molecular weight is 298 g/mol. The molecule has 1 aromatic carbocycles. The van der Waals surface area contributed by atoms with E-state index in [0.29, 0.717) is 11.3 Å². The summed E-state index contributed by atoms with van der Waals surface area (Å²) in [5.74, 6) is -0.165. The van der Waals surface area contributed by atoms with Crippen LogP contribution in [0.1, 0.15) is 28.9 Å². The molecule has 6 nitrogen and oxygen atoms in total. The highest BCUT2D eigenvalue weighted by Crippen LogP contribution is 2.12. The number of urea groups is 1. The van der Waals surface area contributed by atoms with Gasteiger partial charge in [0, 0.05) is 30.7 Å². The first kappa shape index (κ1) is 15.5. The molecule has 22 heavy (non-hydrogen) atoms. The van der Waals surface area contributed by atoms with E-state index in [9.17, 15) is 9.59 Å². The molecular formula is C16H18N4O2. The van der Waals surface area contributed by atoms with Crippen molar-refractivity contribution >= 4 is 17.6 Å². The number of benzene rings is 1. The summed E-state index contributed by atoms with van der Waals surface area (Å²) >= 11 is 0. The Morgan fingerprint density at radius 3 is 2.27 bits per heavy atom. The zero-order chi connectivity index (χ0) is 15.9. The van der Waals surface area contributed by atoms with Crippen LogP contribution in [-0.2, 0) is 0 Å². The number of aromatic nitrogens is 1. The molecule has 0 aliphatic carbocycles. The number of hydrogen-bond donors (Lipinski definition) is 3. The molecule has 3 amide bonds. The molecule has 0 saturated heterocycles. The SMILES string of the molecule is CNC(=O)c1ccc(NC(=O)NC(C)c2ccncc2)cc1. The maximum absolute atomic E-state index is 12.0. The van der Waals surface area contributed by atoms with E-state index in [0.717, 1.165) is 5.56 Å². The Morgan fingerprint density at radius 2 is 1.68 bits per heavy atom. The lowest BCUT2D eigenvalue weighted by atomic mass is 10.1. The Bertz CT molecular complexity index is 641. The second-order valence-electron chi connectivity index (χ2n) is 4.76. The lowest BCUT2D eigenvalue weighted by Gasteiger charge is -2.15. The standard InChI is InChI=1S/C16H18N4O2/c1-11(12-7-9-18-10-8-12)19-16(22)20-14-5-3-13(4-6-14)15(21)17-2/h3-11H,1-2H3,(H,17,21)(H2,19,20,22). The first-order valence-corrected chi connectivity index (χ1v) is 6.89. The minimum Gasteiger partial charge on any atom is -0.355 e. The third-order valence-corrected chi connectivity index (χ3v) is 3.19. The van der Waals surface area contributed by atoms with Crippen LogP contribution >= 0.6 is 0 Å². The zero-order valence-corrected chi connectivity index (χ0v) is 12.5. The maximum atomic E-state index is 12.0. The van der Waals surface area contributed by atoms with E-state index in [1.54, 1.807) is 43.7 Å². The predicted octanol–water partition coefficient (Wildman–Crippen LogP) is 2.32. The van der Waals surface area contributed by atoms with Gasteiger partial charge in [0.2, 0.25) is 0 Å². The Morgan fingerprint density at radius 1 is 1.05 bits per heavy atom. The van der Waals surface area contributed by atoms with E-state index in [1.165, 1.54) is 0 Å². The lowest BCUT2D eigenvalue weighted by Crippen LogP contribution is -2.31. The molecular weight excluding hydrogens is 280 g/mol. The quantitative estimate of drug-likeness (QED) is 0.810. The van der Waals surface area contributed by atoms with Crippen LogP contribution in [-0.4, -0.2) is 24.0 Å². The van der Waals surface area contributed by atoms with Crippen molar-refractivity contribution in [2.75, 3.05) is 12.4 Å². The Balaban J connectivity index is 1.93. The molecule has 1 heterocycles. The number of nitrogens with zero attached hydrogens (tertiary/aromatic N) is 1. The summed E-state index contributed by atoms with van der Waals surface area (Å²) in [6.07, 6.45) is 3.37. The van der Waals surface area contributed by atoms with E-state index >= 15 is 0 Å². The molecule has 0 radical (unpaired) electrons. The fraction of sp³-hybridized carbons (Fsp3) is 0.188. The molecule has 3 N–H and O–H groups in total. The second-order valence-corrected chi connectivity index (χ2v) is 4.76. The van der Waals surface area contributed by atoms with Crippen LogP contribution in [0.5, 0.6) is 0 Å². The molecule has 1 unspecified atom stereocenters. The fourth-order valence-corrected chi connectivity index (χ4v) is 1.95. The molecule has 0 bridgehead atoms. The molecule has 0 fully saturated rings. The number of anilines is 1. The van der Waals surface area contributed by atoms with Crippen molar-refractivity contribution in [3.05, 3.63) is 59.9 Å². The predicted molar refractivity (Wildman–Crippen MR) is 84.6 cm³/mol. The monoisotopic (exact) mass is 298 g/mol. The summed E-state index contributed by atoms with van der Waals surface area (Å²) in [6.45, 7) is 1.89. The molecule has 1 aromatic heterocycles. The first-order chi connectivity index (χ1) is 10.6. The molecule has 0 aliphatic rings. The van der Waals surface area contributed by atoms with Crippen molar-refractivity contribution in [3.8, 4) is 0 Å². The van der Waals surface area contributed by atoms with Gasteiger partial charge in [0.1, 0.15) is 0 Å². The largest absolute Gasteiger partial charge is 0.355 e. The van der Waals surface area contributed by atoms with E-state index in [4.69, 9.17) is 0 Å². The van der Waals surface area contributed by atoms with Crippen LogP contribution in [0.4, 0.5) is 10.5 Å². The normalized spacial score (nSPS) is 11.4. The lowest BCUT2D eigenvalue weighted by molar-refractivity contribution is 0.0963. The summed E-state index contributed by atoms with van der Waals surface area (Å²) in [6, 6.07) is 9.93. The van der Waals surface area contributed by atoms with E-state index in [1.807, 2.05) is 19.1 Å². The van der Waals surface area contributed by atoms with Gasteiger partial charge in [-0.25, -0.2) is 4.79 Å². The number of carbonyl (C=O) groups excluding carboxylic acids is 2. The van der Waals surface area contributed by atoms with E-state index < -0.39 is 0 Å². The molecule has 1 atom stereocenters. The van der Waals surface area contributed by atoms with Crippen molar-refractivity contribution < 1.29 is 9.59 Å². The summed E-state index contributed by atoms with van der Waals surface area (Å²) in [5, 5.41) is 8.11. The van der Waals surface area contributed by atoms with Crippen molar-refractivity contribution in [2.24, 2.45) is 0 Å². The molecule has 6 heteroatoms. The molecule has 0 spiro atoms. The van der Waals surface area contributed by atoms with Crippen molar-refractivity contribution in [2.45, 2.75) is 13.0 Å². The minimum atomic E-state index is -0.308. The average Bonchev–Trinajstić information content (AvgIpc) is 2.55. The minimum absolute atomic E-state index is 0.131. The fourth-order valence-electron chi connectivity index (χ4n) is 1.95. The van der Waals surface area contributed by atoms with Crippen LogP contribution in [0.25, 0.3) is 0 Å². The molecule has 2 rings (SSSR count). The highest BCUT2D eigenvalue weighted by Gasteiger charge is 2.09. The van der Waals surface area contributed by atoms with Crippen LogP contribution in [0.15, 0.2) is 48.8 Å². The van der Waals surface area contributed by atoms with Gasteiger partial charge >= 0.3 is 6.03 Å². The number of carbonyl (C=O) groups is 2. The van der Waals surface area contributed by atoms with Gasteiger partial charge in [0.05, 0.1) is 6.04 Å². The Kier molecular flexibility index (Phi) is 5.08. The van der Waals surface area contributed by atoms with Crippen molar-refractivity contribution in [1.82, 2.24) is 15.6 Å². The van der Waals surface area contributed by atoms with E-state index in [2.05, 4.69) is 20.9 Å². The highest BCUT2D eigenvalue weighted by molar-refractivity contribution is 5.95. The summed E-state index contributed by atoms with van der Waals surface area (Å²) in [4.78, 5) is 27.3. The topological polar surface area (TPSA) is 83.1 Å². The van der Waals surface area contributed by atoms with E-state index in [-0.39, 0.29) is 18.0 Å². The van der Waals surface area contributed by atoms with Gasteiger partial charge in [0.25, 0.3) is 5.91 Å². The van der Waals surface area contributed by atoms with Gasteiger partial charge in [-0.3, -0.25) is 9.78 Å². The van der Waals surface area contributed by atoms with Crippen molar-refractivity contribution in [1.29, 1.82) is 0 Å². The summed E-state index contributed by atoms with van der Waals surface area (Å²) in [7, 11) is 1.57. The van der Waals surface area contributed by atoms with Crippen LogP contribution < -0.4 is 16.0 Å². The summed E-state index contributed by atoms with van der Waals surface area (Å²) in [5.41, 5.74) is 2.13. The van der Waals surface area contributed by atoms with Gasteiger partial charge in [-0.15, -0.1) is 0 Å². The summed E-state index contributed by atoms with van der Waals surface area (Å²) < 4.78 is 0. The van der Waals surface area contributed by atoms with Gasteiger partial charge < -0.3 is 16.0 Å². The number of pyridine rings is 1. The molecule has 0 aliphatic heterocycles. The van der Waals surface area contributed by atoms with Gasteiger partial charge in [0.15, 0.2) is 0 Å². The number of nitrogens with one attached hydrogen (secondary N) is 3. The smallest absolute Gasteiger partial charge is 0.319 e. The third kappa shape index (κ3) is 4.05. The highest BCUT2D eigenvalue weighted by atomic mass is 16.2. The van der Waals surface area contributed by atoms with Crippen LogP contribution in [0.3, 0.4) is 0 Å². The third-order valence-electron chi connectivity index (χ3n) is 3.19. The van der Waals surface area contributed by atoms with Crippen LogP contribution in [0, 0.1) is 0 Å². The second kappa shape index (κ2) is 7.21. The maximum Gasteiger partial charge on any atom is 0.319 e. The molecule has 2 aromatic rings. The van der Waals surface area contributed by atoms with Crippen LogP contribution in [0.2, 0.25) is 0 Å². The van der Waals surface area contributed by atoms with Gasteiger partial charge in [-0.05, 0) is 48.9 Å². The molecule has 0 saturated carbocycles. The van der Waals surface area contributed by atoms with Gasteiger partial charge in [-0.1, -0.05) is 0 Å². The molecule has 114 valence electrons. The Hall–Kier alpha value is -2.89. The Labute approximate surface area is 129 Å².